The average molecular weight is 479 g/mol. The summed E-state index contributed by atoms with van der Waals surface area (Å²) in [6, 6.07) is 14.2. The Kier molecular flexibility index (Phi) is 5.14. The van der Waals surface area contributed by atoms with E-state index in [0.717, 1.165) is 39.4 Å². The van der Waals surface area contributed by atoms with Crippen molar-refractivity contribution in [2.24, 2.45) is 5.10 Å². The van der Waals surface area contributed by atoms with Crippen molar-refractivity contribution in [1.82, 2.24) is 15.3 Å². The van der Waals surface area contributed by atoms with Gasteiger partial charge in [-0.25, -0.2) is 9.99 Å². The first-order chi connectivity index (χ1) is 17.3. The summed E-state index contributed by atoms with van der Waals surface area (Å²) in [5.74, 6) is 0.372. The highest BCUT2D eigenvalue weighted by Gasteiger charge is 2.43. The number of fused-ring (bicyclic) bond motifs is 8. The molecule has 4 heterocycles. The SMILES string of the molecule is CC1=[C+]C(C)=NN1Cc1ccc2c(c1)C1OC2c2ccc(C(=O)NCc3c(C)cc(N)nc3C)cc21. The molecule has 2 atom stereocenters. The largest absolute Gasteiger partial charge is 0.384 e. The maximum absolute atomic E-state index is 13.0. The predicted octanol–water partition coefficient (Wildman–Crippen LogP) is 4.63. The van der Waals surface area contributed by atoms with E-state index in [1.807, 2.05) is 57.0 Å². The van der Waals surface area contributed by atoms with Crippen molar-refractivity contribution in [3.8, 4) is 0 Å². The van der Waals surface area contributed by atoms with Crippen LogP contribution in [0.15, 0.2) is 53.3 Å². The summed E-state index contributed by atoms with van der Waals surface area (Å²) in [5, 5.41) is 9.56. The standard InChI is InChI=1S/C29H27N5O2/c1-15-9-26(30)32-18(4)25(15)13-31-29(35)20-6-8-22-24(12-20)28-23-11-19(5-7-21(23)27(22)36-28)14-34-17(3)10-16(2)33-34/h5-9,11-12,27-28H,13-14H2,1-4H3,(H2-,30,31,32,35)/p+1. The summed E-state index contributed by atoms with van der Waals surface area (Å²) in [4.78, 5) is 17.4. The van der Waals surface area contributed by atoms with E-state index in [0.29, 0.717) is 24.5 Å². The van der Waals surface area contributed by atoms with E-state index >= 15 is 0 Å². The molecule has 7 nitrogen and oxygen atoms in total. The van der Waals surface area contributed by atoms with Crippen molar-refractivity contribution < 1.29 is 9.53 Å². The molecule has 2 aromatic carbocycles. The van der Waals surface area contributed by atoms with Crippen LogP contribution in [0.5, 0.6) is 0 Å². The van der Waals surface area contributed by atoms with Gasteiger partial charge in [0.25, 0.3) is 11.6 Å². The quantitative estimate of drug-likeness (QED) is 0.522. The second kappa shape index (κ2) is 8.26. The number of amides is 1. The molecule has 0 fully saturated rings. The third-order valence-electron chi connectivity index (χ3n) is 7.25. The summed E-state index contributed by atoms with van der Waals surface area (Å²) in [6.45, 7) is 8.96. The summed E-state index contributed by atoms with van der Waals surface area (Å²) in [6.07, 6.45) is 3.00. The van der Waals surface area contributed by atoms with Gasteiger partial charge >= 0.3 is 11.8 Å². The molecule has 2 unspecified atom stereocenters. The number of carbonyl (C=O) groups excluding carboxylic acids is 1. The molecule has 7 heteroatoms. The van der Waals surface area contributed by atoms with Crippen molar-refractivity contribution in [3.63, 3.8) is 0 Å². The van der Waals surface area contributed by atoms with Crippen LogP contribution in [-0.2, 0) is 17.8 Å². The number of aryl methyl sites for hydroxylation is 2. The van der Waals surface area contributed by atoms with Gasteiger partial charge in [0.1, 0.15) is 18.0 Å². The molecule has 180 valence electrons. The van der Waals surface area contributed by atoms with Crippen LogP contribution >= 0.6 is 0 Å². The van der Waals surface area contributed by atoms with E-state index in [9.17, 15) is 4.79 Å². The number of nitrogen functional groups attached to an aromatic ring is 1. The fourth-order valence-corrected chi connectivity index (χ4v) is 5.49. The van der Waals surface area contributed by atoms with Gasteiger partial charge in [0.2, 0.25) is 0 Å². The van der Waals surface area contributed by atoms with E-state index in [-0.39, 0.29) is 18.1 Å². The highest BCUT2D eigenvalue weighted by atomic mass is 16.5. The molecule has 36 heavy (non-hydrogen) atoms. The van der Waals surface area contributed by atoms with Crippen LogP contribution in [0.4, 0.5) is 5.82 Å². The molecule has 2 bridgehead atoms. The van der Waals surface area contributed by atoms with Gasteiger partial charge in [-0.1, -0.05) is 24.3 Å². The van der Waals surface area contributed by atoms with Crippen molar-refractivity contribution in [2.75, 3.05) is 5.73 Å². The van der Waals surface area contributed by atoms with Crippen molar-refractivity contribution in [3.05, 3.63) is 104 Å². The topological polar surface area (TPSA) is 92.8 Å². The van der Waals surface area contributed by atoms with Gasteiger partial charge in [-0.05, 0) is 71.0 Å². The number of nitrogens with one attached hydrogen (secondary N) is 1. The number of ether oxygens (including phenoxy) is 1. The number of rotatable bonds is 5. The lowest BCUT2D eigenvalue weighted by Crippen LogP contribution is -2.24. The number of allylic oxidation sites excluding steroid dienone is 2. The van der Waals surface area contributed by atoms with Gasteiger partial charge in [0, 0.05) is 31.6 Å². The lowest BCUT2D eigenvalue weighted by atomic mass is 9.84. The number of benzene rings is 2. The number of nitrogens with zero attached hydrogens (tertiary/aromatic N) is 3. The normalized spacial score (nSPS) is 18.9. The molecule has 0 saturated heterocycles. The molecule has 6 rings (SSSR count). The summed E-state index contributed by atoms with van der Waals surface area (Å²) >= 11 is 0. The van der Waals surface area contributed by atoms with Crippen LogP contribution in [0.1, 0.15) is 81.1 Å². The number of nitrogens with two attached hydrogens (primary N) is 1. The van der Waals surface area contributed by atoms with Gasteiger partial charge in [0.05, 0.1) is 6.54 Å². The fraction of sp³-hybridized carbons (Fsp3) is 0.276. The minimum absolute atomic E-state index is 0.0840. The van der Waals surface area contributed by atoms with Crippen LogP contribution in [0.2, 0.25) is 0 Å². The van der Waals surface area contributed by atoms with Crippen LogP contribution in [0, 0.1) is 19.9 Å². The Morgan fingerprint density at radius 1 is 1.03 bits per heavy atom. The molecule has 1 amide bonds. The first kappa shape index (κ1) is 22.4. The molecule has 0 aliphatic carbocycles. The number of hydrogen-bond donors (Lipinski definition) is 2. The van der Waals surface area contributed by atoms with Crippen LogP contribution < -0.4 is 11.1 Å². The second-order valence-electron chi connectivity index (χ2n) is 9.77. The Morgan fingerprint density at radius 3 is 2.47 bits per heavy atom. The molecule has 0 saturated carbocycles. The maximum atomic E-state index is 13.0. The summed E-state index contributed by atoms with van der Waals surface area (Å²) < 4.78 is 6.37. The van der Waals surface area contributed by atoms with Gasteiger partial charge in [0.15, 0.2) is 0 Å². The smallest absolute Gasteiger partial charge is 0.309 e. The molecule has 3 N–H and O–H groups in total. The third kappa shape index (κ3) is 3.65. The van der Waals surface area contributed by atoms with E-state index < -0.39 is 0 Å². The van der Waals surface area contributed by atoms with Crippen LogP contribution in [-0.4, -0.2) is 21.6 Å². The Balaban J connectivity index is 1.22. The molecule has 0 radical (unpaired) electrons. The molecule has 0 spiro atoms. The number of hydrogen-bond acceptors (Lipinski definition) is 6. The molecule has 3 aliphatic heterocycles. The van der Waals surface area contributed by atoms with Gasteiger partial charge < -0.3 is 15.8 Å². The van der Waals surface area contributed by atoms with E-state index in [4.69, 9.17) is 10.5 Å². The molecular formula is C29H28N5O2+. The minimum atomic E-state index is -0.162. The van der Waals surface area contributed by atoms with E-state index in [1.54, 1.807) is 0 Å². The van der Waals surface area contributed by atoms with Gasteiger partial charge in [-0.3, -0.25) is 4.79 Å². The van der Waals surface area contributed by atoms with Crippen molar-refractivity contribution in [2.45, 2.75) is 53.0 Å². The summed E-state index contributed by atoms with van der Waals surface area (Å²) in [5.41, 5.74) is 17.0. The van der Waals surface area contributed by atoms with E-state index in [2.05, 4.69) is 39.7 Å². The Bertz CT molecular complexity index is 1470. The Hall–Kier alpha value is -4.06. The number of aromatic nitrogens is 1. The number of carbonyl (C=O) groups is 1. The maximum Gasteiger partial charge on any atom is 0.309 e. The molecule has 1 aromatic heterocycles. The zero-order chi connectivity index (χ0) is 25.1. The monoisotopic (exact) mass is 478 g/mol. The zero-order valence-corrected chi connectivity index (χ0v) is 20.8. The highest BCUT2D eigenvalue weighted by Crippen LogP contribution is 2.54. The third-order valence-corrected chi connectivity index (χ3v) is 7.25. The predicted molar refractivity (Wildman–Crippen MR) is 138 cm³/mol. The second-order valence-corrected chi connectivity index (χ2v) is 9.77. The first-order valence-corrected chi connectivity index (χ1v) is 12.1. The number of hydrazone groups is 1. The Morgan fingerprint density at radius 2 is 1.75 bits per heavy atom. The van der Waals surface area contributed by atoms with Crippen molar-refractivity contribution >= 4 is 17.4 Å². The lowest BCUT2D eigenvalue weighted by molar-refractivity contribution is 0.0857. The van der Waals surface area contributed by atoms with Crippen LogP contribution in [0.25, 0.3) is 0 Å². The van der Waals surface area contributed by atoms with E-state index in [1.165, 1.54) is 16.7 Å². The minimum Gasteiger partial charge on any atom is -0.384 e. The zero-order valence-electron chi connectivity index (χ0n) is 20.8. The number of pyridine rings is 1. The molecular weight excluding hydrogens is 450 g/mol. The molecule has 3 aliphatic rings. The Labute approximate surface area is 210 Å². The highest BCUT2D eigenvalue weighted by molar-refractivity contribution is 5.94. The van der Waals surface area contributed by atoms with Gasteiger partial charge in [-0.2, -0.15) is 0 Å². The lowest BCUT2D eigenvalue weighted by Gasteiger charge is -2.19. The summed E-state index contributed by atoms with van der Waals surface area (Å²) in [7, 11) is 0. The fourth-order valence-electron chi connectivity index (χ4n) is 5.49. The van der Waals surface area contributed by atoms with Gasteiger partial charge in [-0.15, -0.1) is 5.10 Å². The number of anilines is 1. The molecule has 3 aromatic rings. The van der Waals surface area contributed by atoms with Crippen molar-refractivity contribution in [1.29, 1.82) is 0 Å². The average Bonchev–Trinajstić information content (AvgIpc) is 3.49. The van der Waals surface area contributed by atoms with Crippen LogP contribution in [0.3, 0.4) is 0 Å². The first-order valence-electron chi connectivity index (χ1n) is 12.1.